The Labute approximate surface area is 120 Å². The van der Waals surface area contributed by atoms with Crippen LogP contribution in [-0.2, 0) is 6.61 Å². The largest absolute Gasteiger partial charge is 0.488 e. The maximum atomic E-state index is 12.8. The fraction of sp³-hybridized carbons (Fsp3) is 0.200. The molecule has 2 rings (SSSR count). The van der Waals surface area contributed by atoms with Crippen LogP contribution in [0.5, 0.6) is 5.75 Å². The van der Waals surface area contributed by atoms with E-state index in [1.807, 2.05) is 18.2 Å². The highest BCUT2D eigenvalue weighted by atomic mass is 79.9. The van der Waals surface area contributed by atoms with Crippen LogP contribution < -0.4 is 4.74 Å². The van der Waals surface area contributed by atoms with Crippen molar-refractivity contribution in [2.24, 2.45) is 0 Å². The van der Waals surface area contributed by atoms with Gasteiger partial charge in [0.05, 0.1) is 6.10 Å². The highest BCUT2D eigenvalue weighted by molar-refractivity contribution is 9.10. The summed E-state index contributed by atoms with van der Waals surface area (Å²) in [5.41, 5.74) is 1.60. The van der Waals surface area contributed by atoms with Crippen molar-refractivity contribution in [3.8, 4) is 5.75 Å². The molecule has 0 bridgehead atoms. The summed E-state index contributed by atoms with van der Waals surface area (Å²) in [5, 5.41) is 9.68. The first-order chi connectivity index (χ1) is 9.06. The van der Waals surface area contributed by atoms with Crippen LogP contribution in [0.4, 0.5) is 4.39 Å². The van der Waals surface area contributed by atoms with E-state index in [4.69, 9.17) is 4.74 Å². The fourth-order valence-electron chi connectivity index (χ4n) is 1.72. The highest BCUT2D eigenvalue weighted by Crippen LogP contribution is 2.29. The van der Waals surface area contributed by atoms with E-state index in [0.29, 0.717) is 12.4 Å². The van der Waals surface area contributed by atoms with Crippen LogP contribution >= 0.6 is 15.9 Å². The van der Waals surface area contributed by atoms with Gasteiger partial charge in [0.2, 0.25) is 0 Å². The van der Waals surface area contributed by atoms with E-state index in [0.717, 1.165) is 15.6 Å². The minimum Gasteiger partial charge on any atom is -0.488 e. The average molecular weight is 325 g/mol. The van der Waals surface area contributed by atoms with Gasteiger partial charge in [-0.1, -0.05) is 34.1 Å². The molecule has 2 aromatic carbocycles. The molecular formula is C15H14BrFO2. The van der Waals surface area contributed by atoms with Crippen molar-refractivity contribution >= 4 is 15.9 Å². The molecule has 0 amide bonds. The lowest BCUT2D eigenvalue weighted by molar-refractivity contribution is 0.190. The topological polar surface area (TPSA) is 29.5 Å². The minimum absolute atomic E-state index is 0.268. The molecule has 2 nitrogen and oxygen atoms in total. The van der Waals surface area contributed by atoms with Crippen molar-refractivity contribution in [1.82, 2.24) is 0 Å². The Kier molecular flexibility index (Phi) is 4.56. The van der Waals surface area contributed by atoms with E-state index in [2.05, 4.69) is 15.9 Å². The van der Waals surface area contributed by atoms with Crippen LogP contribution in [0.15, 0.2) is 46.9 Å². The van der Waals surface area contributed by atoms with Gasteiger partial charge in [-0.2, -0.15) is 0 Å². The van der Waals surface area contributed by atoms with Crippen molar-refractivity contribution in [1.29, 1.82) is 0 Å². The summed E-state index contributed by atoms with van der Waals surface area (Å²) < 4.78 is 19.4. The zero-order valence-electron chi connectivity index (χ0n) is 10.4. The quantitative estimate of drug-likeness (QED) is 0.912. The second-order valence-electron chi connectivity index (χ2n) is 4.27. The Morgan fingerprint density at radius 3 is 2.53 bits per heavy atom. The molecular weight excluding hydrogens is 311 g/mol. The van der Waals surface area contributed by atoms with Gasteiger partial charge in [-0.15, -0.1) is 0 Å². The van der Waals surface area contributed by atoms with Crippen LogP contribution in [0.3, 0.4) is 0 Å². The van der Waals surface area contributed by atoms with Crippen LogP contribution in [0.1, 0.15) is 24.2 Å². The lowest BCUT2D eigenvalue weighted by Crippen LogP contribution is -2.01. The number of aliphatic hydroxyl groups excluding tert-OH is 1. The predicted molar refractivity (Wildman–Crippen MR) is 75.5 cm³/mol. The molecule has 0 aliphatic heterocycles. The summed E-state index contributed by atoms with van der Waals surface area (Å²) in [5.74, 6) is 0.351. The zero-order valence-corrected chi connectivity index (χ0v) is 12.0. The van der Waals surface area contributed by atoms with Gasteiger partial charge in [0, 0.05) is 10.0 Å². The van der Waals surface area contributed by atoms with Gasteiger partial charge in [0.25, 0.3) is 0 Å². The van der Waals surface area contributed by atoms with Crippen molar-refractivity contribution in [2.75, 3.05) is 0 Å². The van der Waals surface area contributed by atoms with E-state index in [1.165, 1.54) is 12.1 Å². The Bertz CT molecular complexity index is 553. The lowest BCUT2D eigenvalue weighted by atomic mass is 10.1. The summed E-state index contributed by atoms with van der Waals surface area (Å²) in [7, 11) is 0. The Balaban J connectivity index is 2.14. The molecule has 2 aromatic rings. The number of rotatable bonds is 4. The van der Waals surface area contributed by atoms with Gasteiger partial charge in [0.15, 0.2) is 0 Å². The standard InChI is InChI=1S/C15H14BrFO2/c1-10(18)14-7-4-12(16)8-15(14)19-9-11-2-5-13(17)6-3-11/h2-8,10,18H,9H2,1H3/t10-/m1/s1. The maximum Gasteiger partial charge on any atom is 0.126 e. The van der Waals surface area contributed by atoms with Crippen LogP contribution in [0.2, 0.25) is 0 Å². The van der Waals surface area contributed by atoms with E-state index in [9.17, 15) is 9.50 Å². The SMILES string of the molecule is C[C@@H](O)c1ccc(Br)cc1OCc1ccc(F)cc1. The van der Waals surface area contributed by atoms with Gasteiger partial charge in [0.1, 0.15) is 18.2 Å². The molecule has 1 atom stereocenters. The van der Waals surface area contributed by atoms with E-state index in [-0.39, 0.29) is 5.82 Å². The van der Waals surface area contributed by atoms with Crippen molar-refractivity contribution in [3.63, 3.8) is 0 Å². The zero-order chi connectivity index (χ0) is 13.8. The predicted octanol–water partition coefficient (Wildman–Crippen LogP) is 4.22. The van der Waals surface area contributed by atoms with E-state index < -0.39 is 6.10 Å². The molecule has 0 radical (unpaired) electrons. The first-order valence-electron chi connectivity index (χ1n) is 5.91. The van der Waals surface area contributed by atoms with Gasteiger partial charge >= 0.3 is 0 Å². The first-order valence-corrected chi connectivity index (χ1v) is 6.70. The summed E-state index contributed by atoms with van der Waals surface area (Å²) >= 11 is 3.37. The highest BCUT2D eigenvalue weighted by Gasteiger charge is 2.10. The molecule has 1 N–H and O–H groups in total. The molecule has 0 aliphatic carbocycles. The Morgan fingerprint density at radius 2 is 1.89 bits per heavy atom. The summed E-state index contributed by atoms with van der Waals surface area (Å²) in [6, 6.07) is 11.6. The van der Waals surface area contributed by atoms with E-state index >= 15 is 0 Å². The maximum absolute atomic E-state index is 12.8. The van der Waals surface area contributed by atoms with E-state index in [1.54, 1.807) is 19.1 Å². The van der Waals surface area contributed by atoms with Crippen LogP contribution in [0, 0.1) is 5.82 Å². The van der Waals surface area contributed by atoms with Crippen molar-refractivity contribution in [3.05, 3.63) is 63.9 Å². The number of hydrogen-bond donors (Lipinski definition) is 1. The van der Waals surface area contributed by atoms with Gasteiger partial charge < -0.3 is 9.84 Å². The summed E-state index contributed by atoms with van der Waals surface area (Å²) in [4.78, 5) is 0. The van der Waals surface area contributed by atoms with Crippen LogP contribution in [0.25, 0.3) is 0 Å². The van der Waals surface area contributed by atoms with Gasteiger partial charge in [-0.25, -0.2) is 4.39 Å². The van der Waals surface area contributed by atoms with Gasteiger partial charge in [-0.3, -0.25) is 0 Å². The molecule has 0 saturated heterocycles. The third-order valence-corrected chi connectivity index (χ3v) is 3.23. The molecule has 0 unspecified atom stereocenters. The molecule has 0 aromatic heterocycles. The molecule has 4 heteroatoms. The molecule has 0 saturated carbocycles. The molecule has 0 aliphatic rings. The number of aliphatic hydroxyl groups is 1. The number of hydrogen-bond acceptors (Lipinski definition) is 2. The third-order valence-electron chi connectivity index (χ3n) is 2.73. The number of ether oxygens (including phenoxy) is 1. The normalized spacial score (nSPS) is 12.2. The number of halogens is 2. The Hall–Kier alpha value is -1.39. The third kappa shape index (κ3) is 3.78. The molecule has 0 heterocycles. The minimum atomic E-state index is -0.601. The molecule has 0 fully saturated rings. The second-order valence-corrected chi connectivity index (χ2v) is 5.19. The summed E-state index contributed by atoms with van der Waals surface area (Å²) in [6.45, 7) is 2.02. The molecule has 19 heavy (non-hydrogen) atoms. The number of benzene rings is 2. The van der Waals surface area contributed by atoms with Crippen molar-refractivity contribution < 1.29 is 14.2 Å². The van der Waals surface area contributed by atoms with Gasteiger partial charge in [-0.05, 0) is 36.8 Å². The first kappa shape index (κ1) is 14.0. The molecule has 100 valence electrons. The summed E-state index contributed by atoms with van der Waals surface area (Å²) in [6.07, 6.45) is -0.601. The monoisotopic (exact) mass is 324 g/mol. The van der Waals surface area contributed by atoms with Crippen LogP contribution in [-0.4, -0.2) is 5.11 Å². The second kappa shape index (κ2) is 6.17. The molecule has 0 spiro atoms. The fourth-order valence-corrected chi connectivity index (χ4v) is 2.06. The average Bonchev–Trinajstić information content (AvgIpc) is 2.38. The smallest absolute Gasteiger partial charge is 0.126 e. The van der Waals surface area contributed by atoms with Crippen molar-refractivity contribution in [2.45, 2.75) is 19.6 Å². The Morgan fingerprint density at radius 1 is 1.21 bits per heavy atom. The lowest BCUT2D eigenvalue weighted by Gasteiger charge is -2.14.